The van der Waals surface area contributed by atoms with Crippen LogP contribution >= 0.6 is 0 Å². The maximum Gasteiger partial charge on any atom is 0.354 e. The molecule has 10 nitrogen and oxygen atoms in total. The highest BCUT2D eigenvalue weighted by Gasteiger charge is 2.23. The predicted molar refractivity (Wildman–Crippen MR) is 122 cm³/mol. The van der Waals surface area contributed by atoms with Crippen molar-refractivity contribution in [3.8, 4) is 5.69 Å². The topological polar surface area (TPSA) is 132 Å². The molecular formula is C22H31N7O3. The number of ether oxygens (including phenoxy) is 1. The molecule has 5 N–H and O–H groups in total. The Morgan fingerprint density at radius 3 is 2.59 bits per heavy atom. The first-order valence-corrected chi connectivity index (χ1v) is 11.1. The molecule has 2 fully saturated rings. The van der Waals surface area contributed by atoms with Gasteiger partial charge in [-0.05, 0) is 49.7 Å². The summed E-state index contributed by atoms with van der Waals surface area (Å²) in [6.07, 6.45) is 3.50. The van der Waals surface area contributed by atoms with E-state index in [1.807, 2.05) is 24.3 Å². The molecule has 2 amide bonds. The number of likely N-dealkylation sites (tertiary alicyclic amines) is 1. The van der Waals surface area contributed by atoms with Crippen LogP contribution in [0.25, 0.3) is 5.69 Å². The van der Waals surface area contributed by atoms with Gasteiger partial charge in [0.1, 0.15) is 5.82 Å². The Morgan fingerprint density at radius 1 is 1.16 bits per heavy atom. The zero-order valence-electron chi connectivity index (χ0n) is 18.2. The fraction of sp³-hybridized carbons (Fsp3) is 0.500. The van der Waals surface area contributed by atoms with Crippen molar-refractivity contribution in [1.29, 1.82) is 0 Å². The van der Waals surface area contributed by atoms with Crippen LogP contribution in [0.1, 0.15) is 18.4 Å². The summed E-state index contributed by atoms with van der Waals surface area (Å²) in [7, 11) is 0. The molecule has 0 bridgehead atoms. The van der Waals surface area contributed by atoms with Crippen molar-refractivity contribution in [3.05, 3.63) is 52.6 Å². The van der Waals surface area contributed by atoms with Crippen LogP contribution in [0, 0.1) is 0 Å². The minimum absolute atomic E-state index is 0.175. The molecule has 32 heavy (non-hydrogen) atoms. The summed E-state index contributed by atoms with van der Waals surface area (Å²) in [5.41, 5.74) is 13.1. The zero-order valence-corrected chi connectivity index (χ0v) is 18.2. The van der Waals surface area contributed by atoms with Gasteiger partial charge in [0.15, 0.2) is 0 Å². The molecule has 3 heterocycles. The molecule has 1 atom stereocenters. The molecule has 10 heteroatoms. The van der Waals surface area contributed by atoms with Gasteiger partial charge in [-0.3, -0.25) is 14.8 Å². The van der Waals surface area contributed by atoms with Crippen molar-refractivity contribution in [2.24, 2.45) is 11.5 Å². The van der Waals surface area contributed by atoms with E-state index in [0.29, 0.717) is 32.3 Å². The number of rotatable bonds is 5. The highest BCUT2D eigenvalue weighted by Crippen LogP contribution is 2.15. The third-order valence-corrected chi connectivity index (χ3v) is 5.98. The maximum absolute atomic E-state index is 12.6. The molecule has 172 valence electrons. The van der Waals surface area contributed by atoms with E-state index in [4.69, 9.17) is 16.2 Å². The van der Waals surface area contributed by atoms with E-state index in [-0.39, 0.29) is 18.0 Å². The lowest BCUT2D eigenvalue weighted by Crippen LogP contribution is -2.49. The Morgan fingerprint density at radius 2 is 1.91 bits per heavy atom. The van der Waals surface area contributed by atoms with Crippen molar-refractivity contribution in [1.82, 2.24) is 19.4 Å². The number of morpholine rings is 1. The van der Waals surface area contributed by atoms with Gasteiger partial charge in [0, 0.05) is 38.4 Å². The number of nitrogens with two attached hydrogens (primary N) is 2. The van der Waals surface area contributed by atoms with Crippen LogP contribution in [0.4, 0.5) is 10.6 Å². The number of urea groups is 1. The Balaban J connectivity index is 1.37. The van der Waals surface area contributed by atoms with E-state index in [1.54, 1.807) is 17.2 Å². The molecule has 2 aromatic rings. The average molecular weight is 442 g/mol. The number of aromatic nitrogens is 2. The van der Waals surface area contributed by atoms with Crippen molar-refractivity contribution in [2.45, 2.75) is 31.5 Å². The molecule has 1 unspecified atom stereocenters. The highest BCUT2D eigenvalue weighted by molar-refractivity contribution is 5.88. The smallest absolute Gasteiger partial charge is 0.354 e. The molecule has 0 radical (unpaired) electrons. The molecule has 2 saturated heterocycles. The Bertz CT molecular complexity index is 970. The fourth-order valence-electron chi connectivity index (χ4n) is 4.04. The van der Waals surface area contributed by atoms with Crippen LogP contribution in [0.2, 0.25) is 0 Å². The van der Waals surface area contributed by atoms with Gasteiger partial charge in [-0.1, -0.05) is 12.1 Å². The van der Waals surface area contributed by atoms with Crippen LogP contribution in [-0.2, 0) is 11.3 Å². The van der Waals surface area contributed by atoms with Crippen molar-refractivity contribution in [3.63, 3.8) is 0 Å². The van der Waals surface area contributed by atoms with E-state index in [1.165, 1.54) is 10.1 Å². The van der Waals surface area contributed by atoms with Crippen molar-refractivity contribution >= 4 is 11.8 Å². The first-order valence-electron chi connectivity index (χ1n) is 11.1. The summed E-state index contributed by atoms with van der Waals surface area (Å²) in [4.78, 5) is 33.1. The van der Waals surface area contributed by atoms with Crippen LogP contribution in [0.3, 0.4) is 0 Å². The Hall–Kier alpha value is -2.79. The number of hydrogen-bond acceptors (Lipinski definition) is 7. The summed E-state index contributed by atoms with van der Waals surface area (Å²) in [5.74, 6) is 0.215. The van der Waals surface area contributed by atoms with E-state index >= 15 is 0 Å². The molecule has 1 aromatic carbocycles. The second kappa shape index (κ2) is 10.2. The number of nitrogens with one attached hydrogen (secondary N) is 1. The predicted octanol–water partition coefficient (Wildman–Crippen LogP) is 0.347. The van der Waals surface area contributed by atoms with E-state index < -0.39 is 5.69 Å². The molecule has 2 aliphatic heterocycles. The largest absolute Gasteiger partial charge is 0.373 e. The van der Waals surface area contributed by atoms with Gasteiger partial charge in [-0.15, -0.1) is 0 Å². The molecule has 1 aromatic heterocycles. The van der Waals surface area contributed by atoms with E-state index in [2.05, 4.69) is 15.2 Å². The number of hydrogen-bond donors (Lipinski definition) is 3. The SMILES string of the molecule is NCC1CN(C(=O)Nc2ccn(-c3ccc(CN4CCC(N)CC4)cc3)c(=O)n2)CCO1. The lowest BCUT2D eigenvalue weighted by atomic mass is 10.1. The third kappa shape index (κ3) is 5.52. The number of anilines is 1. The molecule has 0 spiro atoms. The van der Waals surface area contributed by atoms with Crippen molar-refractivity contribution < 1.29 is 9.53 Å². The first-order chi connectivity index (χ1) is 15.5. The molecule has 0 saturated carbocycles. The number of carbonyl (C=O) groups is 1. The lowest BCUT2D eigenvalue weighted by Gasteiger charge is -2.32. The standard InChI is InChI=1S/C22H31N7O3/c23-13-19-15-28(11-12-32-19)21(30)25-20-7-10-29(22(31)26-20)18-3-1-16(2-4-18)14-27-8-5-17(24)6-9-27/h1-4,7,10,17,19H,5-6,8-9,11-15,23-24H2,(H,25,26,30,31). The number of amides is 2. The summed E-state index contributed by atoms with van der Waals surface area (Å²) in [5, 5.41) is 2.69. The molecule has 0 aliphatic carbocycles. The summed E-state index contributed by atoms with van der Waals surface area (Å²) < 4.78 is 6.93. The monoisotopic (exact) mass is 441 g/mol. The third-order valence-electron chi connectivity index (χ3n) is 5.98. The number of benzene rings is 1. The Kier molecular flexibility index (Phi) is 7.15. The van der Waals surface area contributed by atoms with Gasteiger partial charge >= 0.3 is 11.7 Å². The first kappa shape index (κ1) is 22.4. The van der Waals surface area contributed by atoms with Gasteiger partial charge in [0.05, 0.1) is 18.4 Å². The second-order valence-corrected chi connectivity index (χ2v) is 8.35. The number of piperidine rings is 1. The van der Waals surface area contributed by atoms with Gasteiger partial charge in [0.2, 0.25) is 0 Å². The minimum atomic E-state index is -0.456. The van der Waals surface area contributed by atoms with Crippen LogP contribution in [0.15, 0.2) is 41.3 Å². The second-order valence-electron chi connectivity index (χ2n) is 8.35. The number of carbonyl (C=O) groups excluding carboxylic acids is 1. The van der Waals surface area contributed by atoms with E-state index in [0.717, 1.165) is 38.2 Å². The normalized spacial score (nSPS) is 20.3. The highest BCUT2D eigenvalue weighted by atomic mass is 16.5. The van der Waals surface area contributed by atoms with Crippen LogP contribution in [-0.4, -0.2) is 76.9 Å². The molecule has 4 rings (SSSR count). The van der Waals surface area contributed by atoms with Gasteiger partial charge in [-0.2, -0.15) is 4.98 Å². The average Bonchev–Trinajstić information content (AvgIpc) is 2.81. The maximum atomic E-state index is 12.6. The van der Waals surface area contributed by atoms with Crippen molar-refractivity contribution in [2.75, 3.05) is 44.6 Å². The summed E-state index contributed by atoms with van der Waals surface area (Å²) in [6, 6.07) is 9.48. The molecular weight excluding hydrogens is 410 g/mol. The van der Waals surface area contributed by atoms with E-state index in [9.17, 15) is 9.59 Å². The lowest BCUT2D eigenvalue weighted by molar-refractivity contribution is -0.00661. The van der Waals surface area contributed by atoms with Gasteiger partial charge in [-0.25, -0.2) is 9.59 Å². The quantitative estimate of drug-likeness (QED) is 0.610. The Labute approximate surface area is 187 Å². The van der Waals surface area contributed by atoms with Crippen LogP contribution < -0.4 is 22.5 Å². The summed E-state index contributed by atoms with van der Waals surface area (Å²) >= 11 is 0. The van der Waals surface area contributed by atoms with Gasteiger partial charge in [0.25, 0.3) is 0 Å². The van der Waals surface area contributed by atoms with Gasteiger partial charge < -0.3 is 21.1 Å². The zero-order chi connectivity index (χ0) is 22.5. The summed E-state index contributed by atoms with van der Waals surface area (Å²) in [6.45, 7) is 4.56. The molecule has 2 aliphatic rings. The fourth-order valence-corrected chi connectivity index (χ4v) is 4.04. The minimum Gasteiger partial charge on any atom is -0.373 e. The van der Waals surface area contributed by atoms with Crippen LogP contribution in [0.5, 0.6) is 0 Å². The number of nitrogens with zero attached hydrogens (tertiary/aromatic N) is 4.